The zero-order chi connectivity index (χ0) is 25.4. The summed E-state index contributed by atoms with van der Waals surface area (Å²) in [5.41, 5.74) is 3.16. The molecule has 7 heteroatoms. The Morgan fingerprint density at radius 1 is 0.917 bits per heavy atom. The Bertz CT molecular complexity index is 1290. The SMILES string of the molecule is COc1ccc(/C=N\NC(=O)C(O)(c2ccccc2)c2ccccc2)cc1OCc1ccc(Br)cc1. The number of nitrogens with zero attached hydrogens (tertiary/aromatic N) is 1. The number of carbonyl (C=O) groups is 1. The molecule has 6 nitrogen and oxygen atoms in total. The first-order valence-electron chi connectivity index (χ1n) is 11.2. The lowest BCUT2D eigenvalue weighted by Crippen LogP contribution is -2.43. The number of benzene rings is 4. The van der Waals surface area contributed by atoms with Crippen molar-refractivity contribution < 1.29 is 19.4 Å². The van der Waals surface area contributed by atoms with Gasteiger partial charge in [-0.15, -0.1) is 0 Å². The Hall–Kier alpha value is -3.94. The minimum Gasteiger partial charge on any atom is -0.493 e. The van der Waals surface area contributed by atoms with E-state index in [1.807, 2.05) is 36.4 Å². The van der Waals surface area contributed by atoms with Crippen LogP contribution in [0.5, 0.6) is 11.5 Å². The van der Waals surface area contributed by atoms with Gasteiger partial charge in [-0.3, -0.25) is 4.79 Å². The van der Waals surface area contributed by atoms with E-state index in [2.05, 4.69) is 26.5 Å². The van der Waals surface area contributed by atoms with E-state index in [-0.39, 0.29) is 0 Å². The van der Waals surface area contributed by atoms with Crippen LogP contribution in [0.25, 0.3) is 0 Å². The quantitative estimate of drug-likeness (QED) is 0.217. The third-order valence-corrected chi connectivity index (χ3v) is 6.12. The molecule has 0 bridgehead atoms. The maximum Gasteiger partial charge on any atom is 0.281 e. The predicted molar refractivity (Wildman–Crippen MR) is 143 cm³/mol. The van der Waals surface area contributed by atoms with Crippen molar-refractivity contribution >= 4 is 28.1 Å². The first-order chi connectivity index (χ1) is 17.5. The maximum absolute atomic E-state index is 13.2. The molecule has 4 rings (SSSR count). The third kappa shape index (κ3) is 5.82. The van der Waals surface area contributed by atoms with Crippen LogP contribution < -0.4 is 14.9 Å². The molecule has 0 heterocycles. The standard InChI is InChI=1S/C29H25BrN2O4/c1-35-26-17-14-22(18-27(26)36-20-21-12-15-25(30)16-13-21)19-31-32-28(33)29(34,23-8-4-2-5-9-23)24-10-6-3-7-11-24/h2-19,34H,20H2,1H3,(H,32,33)/b31-19-. The molecule has 0 radical (unpaired) electrons. The van der Waals surface area contributed by atoms with Crippen LogP contribution in [0, 0.1) is 0 Å². The first-order valence-corrected chi connectivity index (χ1v) is 12.0. The number of rotatable bonds is 9. The Balaban J connectivity index is 1.51. The van der Waals surface area contributed by atoms with Gasteiger partial charge in [0.2, 0.25) is 0 Å². The molecule has 36 heavy (non-hydrogen) atoms. The fourth-order valence-electron chi connectivity index (χ4n) is 3.66. The van der Waals surface area contributed by atoms with Crippen LogP contribution in [0.3, 0.4) is 0 Å². The van der Waals surface area contributed by atoms with Crippen LogP contribution in [0.4, 0.5) is 0 Å². The van der Waals surface area contributed by atoms with Gasteiger partial charge in [0.05, 0.1) is 13.3 Å². The van der Waals surface area contributed by atoms with Crippen molar-refractivity contribution in [3.63, 3.8) is 0 Å². The number of ether oxygens (including phenoxy) is 2. The summed E-state index contributed by atoms with van der Waals surface area (Å²) >= 11 is 3.43. The van der Waals surface area contributed by atoms with Crippen molar-refractivity contribution in [3.05, 3.63) is 130 Å². The highest BCUT2D eigenvalue weighted by Gasteiger charge is 2.39. The van der Waals surface area contributed by atoms with Gasteiger partial charge in [0, 0.05) is 4.47 Å². The summed E-state index contributed by atoms with van der Waals surface area (Å²) in [6.45, 7) is 0.363. The molecule has 0 saturated carbocycles. The van der Waals surface area contributed by atoms with Gasteiger partial charge in [-0.1, -0.05) is 88.7 Å². The summed E-state index contributed by atoms with van der Waals surface area (Å²) < 4.78 is 12.4. The molecule has 0 aromatic heterocycles. The number of amides is 1. The predicted octanol–water partition coefficient (Wildman–Crippen LogP) is 5.42. The number of nitrogens with one attached hydrogen (secondary N) is 1. The lowest BCUT2D eigenvalue weighted by Gasteiger charge is -2.27. The fraction of sp³-hybridized carbons (Fsp3) is 0.103. The topological polar surface area (TPSA) is 80.2 Å². The molecule has 0 saturated heterocycles. The molecule has 2 N–H and O–H groups in total. The van der Waals surface area contributed by atoms with Crippen molar-refractivity contribution in [2.24, 2.45) is 5.10 Å². The van der Waals surface area contributed by atoms with Crippen molar-refractivity contribution in [3.8, 4) is 11.5 Å². The third-order valence-electron chi connectivity index (χ3n) is 5.59. The Morgan fingerprint density at radius 2 is 1.53 bits per heavy atom. The number of methoxy groups -OCH3 is 1. The number of carbonyl (C=O) groups excluding carboxylic acids is 1. The largest absolute Gasteiger partial charge is 0.493 e. The molecule has 0 aliphatic rings. The van der Waals surface area contributed by atoms with E-state index in [0.717, 1.165) is 10.0 Å². The van der Waals surface area contributed by atoms with E-state index in [9.17, 15) is 9.90 Å². The van der Waals surface area contributed by atoms with Crippen LogP contribution in [-0.2, 0) is 17.0 Å². The Labute approximate surface area is 218 Å². The van der Waals surface area contributed by atoms with E-state index in [0.29, 0.717) is 34.8 Å². The van der Waals surface area contributed by atoms with Gasteiger partial charge in [0.25, 0.3) is 5.91 Å². The molecule has 0 aliphatic heterocycles. The van der Waals surface area contributed by atoms with Crippen molar-refractivity contribution in [2.75, 3.05) is 7.11 Å². The lowest BCUT2D eigenvalue weighted by atomic mass is 9.85. The fourth-order valence-corrected chi connectivity index (χ4v) is 3.93. The Kier molecular flexibility index (Phi) is 8.15. The van der Waals surface area contributed by atoms with Gasteiger partial charge in [0.15, 0.2) is 17.1 Å². The van der Waals surface area contributed by atoms with E-state index >= 15 is 0 Å². The number of hydrazone groups is 1. The number of aliphatic hydroxyl groups is 1. The second-order valence-electron chi connectivity index (χ2n) is 7.97. The number of hydrogen-bond donors (Lipinski definition) is 2. The second kappa shape index (κ2) is 11.7. The highest BCUT2D eigenvalue weighted by Crippen LogP contribution is 2.30. The summed E-state index contributed by atoms with van der Waals surface area (Å²) in [5.74, 6) is 0.452. The summed E-state index contributed by atoms with van der Waals surface area (Å²) in [6, 6.07) is 30.7. The monoisotopic (exact) mass is 544 g/mol. The van der Waals surface area contributed by atoms with Gasteiger partial charge in [-0.05, 0) is 52.6 Å². The first kappa shape index (κ1) is 25.2. The molecule has 0 atom stereocenters. The molecule has 182 valence electrons. The highest BCUT2D eigenvalue weighted by molar-refractivity contribution is 9.10. The van der Waals surface area contributed by atoms with Crippen LogP contribution in [0.1, 0.15) is 22.3 Å². The van der Waals surface area contributed by atoms with Gasteiger partial charge in [-0.25, -0.2) is 5.43 Å². The molecule has 0 unspecified atom stereocenters. The van der Waals surface area contributed by atoms with Crippen molar-refractivity contribution in [2.45, 2.75) is 12.2 Å². The molecular weight excluding hydrogens is 520 g/mol. The zero-order valence-corrected chi connectivity index (χ0v) is 21.2. The normalized spacial score (nSPS) is 11.3. The summed E-state index contributed by atoms with van der Waals surface area (Å²) in [7, 11) is 1.57. The molecule has 0 fully saturated rings. The summed E-state index contributed by atoms with van der Waals surface area (Å²) in [6.07, 6.45) is 1.49. The van der Waals surface area contributed by atoms with Gasteiger partial charge >= 0.3 is 0 Å². The molecule has 0 aliphatic carbocycles. The average Bonchev–Trinajstić information content (AvgIpc) is 2.93. The maximum atomic E-state index is 13.2. The van der Waals surface area contributed by atoms with Gasteiger partial charge in [0.1, 0.15) is 6.61 Å². The van der Waals surface area contributed by atoms with Crippen LogP contribution >= 0.6 is 15.9 Å². The van der Waals surface area contributed by atoms with E-state index < -0.39 is 11.5 Å². The second-order valence-corrected chi connectivity index (χ2v) is 8.88. The summed E-state index contributed by atoms with van der Waals surface area (Å²) in [4.78, 5) is 13.2. The molecule has 4 aromatic carbocycles. The molecule has 0 spiro atoms. The van der Waals surface area contributed by atoms with Crippen LogP contribution in [-0.4, -0.2) is 24.3 Å². The van der Waals surface area contributed by atoms with E-state index in [4.69, 9.17) is 9.47 Å². The zero-order valence-electron chi connectivity index (χ0n) is 19.6. The van der Waals surface area contributed by atoms with Crippen molar-refractivity contribution in [1.82, 2.24) is 5.43 Å². The van der Waals surface area contributed by atoms with Gasteiger partial charge in [-0.2, -0.15) is 5.10 Å². The number of halogens is 1. The van der Waals surface area contributed by atoms with Crippen LogP contribution in [0.15, 0.2) is 113 Å². The van der Waals surface area contributed by atoms with Crippen LogP contribution in [0.2, 0.25) is 0 Å². The van der Waals surface area contributed by atoms with E-state index in [1.54, 1.807) is 73.8 Å². The van der Waals surface area contributed by atoms with E-state index in [1.165, 1.54) is 6.21 Å². The van der Waals surface area contributed by atoms with Crippen molar-refractivity contribution in [1.29, 1.82) is 0 Å². The molecule has 1 amide bonds. The smallest absolute Gasteiger partial charge is 0.281 e. The van der Waals surface area contributed by atoms with Gasteiger partial charge < -0.3 is 14.6 Å². The number of hydrogen-bond acceptors (Lipinski definition) is 5. The molecular formula is C29H25BrN2O4. The minimum absolute atomic E-state index is 0.363. The summed E-state index contributed by atoms with van der Waals surface area (Å²) in [5, 5.41) is 15.6. The average molecular weight is 545 g/mol. The lowest BCUT2D eigenvalue weighted by molar-refractivity contribution is -0.136. The Morgan fingerprint density at radius 3 is 2.11 bits per heavy atom. The highest BCUT2D eigenvalue weighted by atomic mass is 79.9. The molecule has 4 aromatic rings. The minimum atomic E-state index is -1.90.